The minimum Gasteiger partial charge on any atom is -0.444 e. The molecule has 0 atom stereocenters. The van der Waals surface area contributed by atoms with Crippen LogP contribution in [0.4, 0.5) is 16.7 Å². The van der Waals surface area contributed by atoms with Crippen LogP contribution in [0.15, 0.2) is 0 Å². The van der Waals surface area contributed by atoms with Gasteiger partial charge in [-0.3, -0.25) is 0 Å². The lowest BCUT2D eigenvalue weighted by Crippen LogP contribution is -2.35. The van der Waals surface area contributed by atoms with Crippen LogP contribution in [0.1, 0.15) is 34.6 Å². The van der Waals surface area contributed by atoms with Crippen LogP contribution >= 0.6 is 11.6 Å². The lowest BCUT2D eigenvalue weighted by molar-refractivity contribution is 0.0530. The Morgan fingerprint density at radius 3 is 2.41 bits per heavy atom. The average molecular weight is 331 g/mol. The van der Waals surface area contributed by atoms with E-state index in [1.54, 1.807) is 20.8 Å². The molecular weight excluding hydrogens is 308 g/mol. The first-order chi connectivity index (χ1) is 10.2. The quantitative estimate of drug-likeness (QED) is 0.688. The van der Waals surface area contributed by atoms with Gasteiger partial charge in [0, 0.05) is 19.1 Å². The highest BCUT2D eigenvalue weighted by atomic mass is 35.5. The first-order valence-electron chi connectivity index (χ1n) is 7.04. The molecule has 124 valence electrons. The molecule has 1 heterocycles. The zero-order chi connectivity index (χ0) is 16.8. The van der Waals surface area contributed by atoms with Crippen molar-refractivity contribution in [3.8, 4) is 0 Å². The molecule has 0 spiro atoms. The highest BCUT2D eigenvalue weighted by Gasteiger charge is 2.15. The third-order valence-electron chi connectivity index (χ3n) is 2.10. The number of alkyl carbamates (subject to hydrolysis) is 1. The number of rotatable bonds is 6. The number of nitrogens with zero attached hydrogens (tertiary/aromatic N) is 3. The summed E-state index contributed by atoms with van der Waals surface area (Å²) in [6.07, 6.45) is -0.467. The van der Waals surface area contributed by atoms with E-state index in [4.69, 9.17) is 16.3 Å². The molecule has 0 unspecified atom stereocenters. The highest BCUT2D eigenvalue weighted by Crippen LogP contribution is 2.10. The molecular formula is C13H23ClN6O2. The molecule has 1 aromatic heterocycles. The van der Waals surface area contributed by atoms with Crippen LogP contribution in [0.25, 0.3) is 0 Å². The van der Waals surface area contributed by atoms with E-state index < -0.39 is 11.7 Å². The third-order valence-corrected chi connectivity index (χ3v) is 2.27. The molecule has 0 aliphatic carbocycles. The molecule has 0 saturated carbocycles. The van der Waals surface area contributed by atoms with Crippen molar-refractivity contribution in [2.75, 3.05) is 23.7 Å². The molecule has 0 aliphatic heterocycles. The number of carbonyl (C=O) groups is 1. The Hall–Kier alpha value is -1.83. The topological polar surface area (TPSA) is 101 Å². The maximum absolute atomic E-state index is 11.5. The molecule has 0 fully saturated rings. The second kappa shape index (κ2) is 7.98. The summed E-state index contributed by atoms with van der Waals surface area (Å²) < 4.78 is 5.12. The van der Waals surface area contributed by atoms with Crippen LogP contribution in [0.5, 0.6) is 0 Å². The van der Waals surface area contributed by atoms with Crippen LogP contribution in [0.2, 0.25) is 5.28 Å². The third kappa shape index (κ3) is 7.82. The first kappa shape index (κ1) is 18.2. The molecule has 0 aromatic carbocycles. The van der Waals surface area contributed by atoms with Gasteiger partial charge in [0.15, 0.2) is 0 Å². The molecule has 9 heteroatoms. The van der Waals surface area contributed by atoms with Crippen molar-refractivity contribution in [3.05, 3.63) is 5.28 Å². The van der Waals surface area contributed by atoms with E-state index in [2.05, 4.69) is 30.9 Å². The lowest BCUT2D eigenvalue weighted by Gasteiger charge is -2.19. The molecule has 0 bridgehead atoms. The van der Waals surface area contributed by atoms with Crippen LogP contribution in [-0.4, -0.2) is 45.8 Å². The van der Waals surface area contributed by atoms with Crippen LogP contribution < -0.4 is 16.0 Å². The zero-order valence-corrected chi connectivity index (χ0v) is 14.3. The predicted octanol–water partition coefficient (Wildman–Crippen LogP) is 2.28. The Morgan fingerprint density at radius 2 is 1.82 bits per heavy atom. The monoisotopic (exact) mass is 330 g/mol. The molecule has 1 aromatic rings. The van der Waals surface area contributed by atoms with Gasteiger partial charge < -0.3 is 20.7 Å². The van der Waals surface area contributed by atoms with E-state index in [9.17, 15) is 4.79 Å². The van der Waals surface area contributed by atoms with Crippen molar-refractivity contribution in [1.82, 2.24) is 20.3 Å². The molecule has 0 radical (unpaired) electrons. The normalized spacial score (nSPS) is 11.2. The fraction of sp³-hybridized carbons (Fsp3) is 0.692. The SMILES string of the molecule is CC(C)Nc1nc(Cl)nc(NCCNC(=O)OC(C)(C)C)n1. The Labute approximate surface area is 135 Å². The van der Waals surface area contributed by atoms with E-state index in [0.717, 1.165) is 0 Å². The summed E-state index contributed by atoms with van der Waals surface area (Å²) in [6.45, 7) is 10.2. The molecule has 22 heavy (non-hydrogen) atoms. The van der Waals surface area contributed by atoms with Gasteiger partial charge in [-0.2, -0.15) is 15.0 Å². The summed E-state index contributed by atoms with van der Waals surface area (Å²) in [4.78, 5) is 23.6. The maximum Gasteiger partial charge on any atom is 0.407 e. The first-order valence-corrected chi connectivity index (χ1v) is 7.42. The smallest absolute Gasteiger partial charge is 0.407 e. The van der Waals surface area contributed by atoms with E-state index in [1.807, 2.05) is 13.8 Å². The van der Waals surface area contributed by atoms with Crippen molar-refractivity contribution in [3.63, 3.8) is 0 Å². The number of amides is 1. The Balaban J connectivity index is 2.42. The van der Waals surface area contributed by atoms with Crippen molar-refractivity contribution in [2.24, 2.45) is 0 Å². The predicted molar refractivity (Wildman–Crippen MR) is 86.3 cm³/mol. The largest absolute Gasteiger partial charge is 0.444 e. The lowest BCUT2D eigenvalue weighted by atomic mass is 10.2. The van der Waals surface area contributed by atoms with E-state index in [0.29, 0.717) is 25.0 Å². The van der Waals surface area contributed by atoms with E-state index >= 15 is 0 Å². The van der Waals surface area contributed by atoms with Gasteiger partial charge in [0.05, 0.1) is 0 Å². The maximum atomic E-state index is 11.5. The Bertz CT molecular complexity index is 504. The average Bonchev–Trinajstić information content (AvgIpc) is 2.31. The van der Waals surface area contributed by atoms with Gasteiger partial charge in [-0.25, -0.2) is 4.79 Å². The second-order valence-electron chi connectivity index (χ2n) is 5.91. The number of aromatic nitrogens is 3. The van der Waals surface area contributed by atoms with Gasteiger partial charge in [-0.1, -0.05) is 0 Å². The number of ether oxygens (including phenoxy) is 1. The van der Waals surface area contributed by atoms with Crippen molar-refractivity contribution >= 4 is 29.6 Å². The summed E-state index contributed by atoms with van der Waals surface area (Å²) >= 11 is 5.84. The standard InChI is InChI=1S/C13H23ClN6O2/c1-8(2)17-11-19-9(14)18-10(20-11)15-6-7-16-12(21)22-13(3,4)5/h8H,6-7H2,1-5H3,(H,16,21)(H2,15,17,18,19,20). The second-order valence-corrected chi connectivity index (χ2v) is 6.24. The molecule has 0 aliphatic rings. The van der Waals surface area contributed by atoms with Crippen molar-refractivity contribution in [2.45, 2.75) is 46.3 Å². The summed E-state index contributed by atoms with van der Waals surface area (Å²) in [7, 11) is 0. The van der Waals surface area contributed by atoms with Crippen LogP contribution in [0, 0.1) is 0 Å². The van der Waals surface area contributed by atoms with Gasteiger partial charge in [0.25, 0.3) is 0 Å². The van der Waals surface area contributed by atoms with Gasteiger partial charge in [-0.05, 0) is 46.2 Å². The van der Waals surface area contributed by atoms with Crippen LogP contribution in [0.3, 0.4) is 0 Å². The van der Waals surface area contributed by atoms with Crippen molar-refractivity contribution in [1.29, 1.82) is 0 Å². The minimum absolute atomic E-state index is 0.0979. The summed E-state index contributed by atoms with van der Waals surface area (Å²) in [5.74, 6) is 0.742. The number of carbonyl (C=O) groups excluding carboxylic acids is 1. The number of nitrogens with one attached hydrogen (secondary N) is 3. The molecule has 8 nitrogen and oxygen atoms in total. The molecule has 3 N–H and O–H groups in total. The van der Waals surface area contributed by atoms with Gasteiger partial charge in [0.1, 0.15) is 5.60 Å². The van der Waals surface area contributed by atoms with Gasteiger partial charge >= 0.3 is 6.09 Å². The molecule has 1 amide bonds. The minimum atomic E-state index is -0.517. The Kier molecular flexibility index (Phi) is 6.61. The molecule has 1 rings (SSSR count). The summed E-state index contributed by atoms with van der Waals surface area (Å²) in [5, 5.41) is 8.73. The highest BCUT2D eigenvalue weighted by molar-refractivity contribution is 6.28. The van der Waals surface area contributed by atoms with Gasteiger partial charge in [0.2, 0.25) is 17.2 Å². The number of anilines is 2. The summed E-state index contributed by atoms with van der Waals surface area (Å²) in [5.41, 5.74) is -0.517. The zero-order valence-electron chi connectivity index (χ0n) is 13.5. The number of halogens is 1. The molecule has 0 saturated heterocycles. The fourth-order valence-corrected chi connectivity index (χ4v) is 1.57. The number of hydrogen-bond donors (Lipinski definition) is 3. The summed E-state index contributed by atoms with van der Waals surface area (Å²) in [6, 6.07) is 0.181. The van der Waals surface area contributed by atoms with E-state index in [1.165, 1.54) is 0 Å². The van der Waals surface area contributed by atoms with Crippen molar-refractivity contribution < 1.29 is 9.53 Å². The van der Waals surface area contributed by atoms with E-state index in [-0.39, 0.29) is 11.3 Å². The fourth-order valence-electron chi connectivity index (χ4n) is 1.40. The number of hydrogen-bond acceptors (Lipinski definition) is 7. The Morgan fingerprint density at radius 1 is 1.18 bits per heavy atom. The van der Waals surface area contributed by atoms with Gasteiger partial charge in [-0.15, -0.1) is 0 Å². The van der Waals surface area contributed by atoms with Crippen LogP contribution in [-0.2, 0) is 4.74 Å².